The van der Waals surface area contributed by atoms with Crippen molar-refractivity contribution in [3.63, 3.8) is 0 Å². The Kier molecular flexibility index (Phi) is 5.97. The molecule has 1 unspecified atom stereocenters. The Morgan fingerprint density at radius 2 is 1.94 bits per heavy atom. The van der Waals surface area contributed by atoms with Gasteiger partial charge in [0.25, 0.3) is 0 Å². The lowest BCUT2D eigenvalue weighted by Crippen LogP contribution is -2.35. The monoisotopic (exact) mass is 261 g/mol. The van der Waals surface area contributed by atoms with Gasteiger partial charge in [-0.25, -0.2) is 0 Å². The summed E-state index contributed by atoms with van der Waals surface area (Å²) in [5.74, 6) is 1.13. The van der Waals surface area contributed by atoms with Crippen LogP contribution in [-0.4, -0.2) is 18.2 Å². The molecule has 0 radical (unpaired) electrons. The van der Waals surface area contributed by atoms with Gasteiger partial charge in [-0.3, -0.25) is 8.24 Å². The molecule has 0 aromatic rings. The molecule has 96 valence electrons. The van der Waals surface area contributed by atoms with Gasteiger partial charge >= 0.3 is 0 Å². The molecule has 0 aromatic carbocycles. The molecule has 0 amide bonds. The number of hydrogen-bond acceptors (Lipinski definition) is 2. The van der Waals surface area contributed by atoms with E-state index in [2.05, 4.69) is 51.4 Å². The van der Waals surface area contributed by atoms with Gasteiger partial charge in [0.05, 0.1) is 0 Å². The van der Waals surface area contributed by atoms with Crippen molar-refractivity contribution in [1.82, 2.24) is 0 Å². The summed E-state index contributed by atoms with van der Waals surface area (Å²) in [7, 11) is -3.14. The van der Waals surface area contributed by atoms with Crippen LogP contribution in [0.3, 0.4) is 0 Å². The SMILES string of the molecule is C=CC[C@H](C)C/[SH](=O)=N/[Si](C)(C)C(C)(C)C. The second kappa shape index (κ2) is 6.01. The van der Waals surface area contributed by atoms with Crippen LogP contribution < -0.4 is 0 Å². The van der Waals surface area contributed by atoms with Crippen LogP contribution in [0.4, 0.5) is 0 Å². The van der Waals surface area contributed by atoms with Crippen molar-refractivity contribution in [3.8, 4) is 0 Å². The van der Waals surface area contributed by atoms with E-state index in [1.54, 1.807) is 0 Å². The first-order chi connectivity index (χ1) is 7.10. The quantitative estimate of drug-likeness (QED) is 0.454. The Labute approximate surface area is 104 Å². The van der Waals surface area contributed by atoms with Crippen molar-refractivity contribution in [2.24, 2.45) is 9.95 Å². The molecule has 0 aliphatic rings. The maximum Gasteiger partial charge on any atom is 0.192 e. The number of nitrogens with zero attached hydrogens (tertiary/aromatic N) is 1. The zero-order chi connectivity index (χ0) is 13.0. The second-order valence-electron chi connectivity index (χ2n) is 6.07. The Balaban J connectivity index is 4.66. The van der Waals surface area contributed by atoms with Crippen molar-refractivity contribution >= 4 is 18.8 Å². The highest BCUT2D eigenvalue weighted by Crippen LogP contribution is 2.36. The average Bonchev–Trinajstić information content (AvgIpc) is 1.99. The minimum atomic E-state index is -1.74. The van der Waals surface area contributed by atoms with Crippen LogP contribution in [0, 0.1) is 5.92 Å². The molecule has 0 spiro atoms. The van der Waals surface area contributed by atoms with Gasteiger partial charge in [0, 0.05) is 16.3 Å². The first kappa shape index (κ1) is 15.9. The maximum atomic E-state index is 12.0. The van der Waals surface area contributed by atoms with Crippen LogP contribution in [0.25, 0.3) is 0 Å². The lowest BCUT2D eigenvalue weighted by molar-refractivity contribution is 0.644. The molecule has 2 atom stereocenters. The van der Waals surface area contributed by atoms with Crippen molar-refractivity contribution in [3.05, 3.63) is 12.7 Å². The van der Waals surface area contributed by atoms with E-state index in [0.717, 1.165) is 6.42 Å². The predicted molar refractivity (Wildman–Crippen MR) is 78.0 cm³/mol. The summed E-state index contributed by atoms with van der Waals surface area (Å²) in [5.41, 5.74) is 0. The fraction of sp³-hybridized carbons (Fsp3) is 0.833. The zero-order valence-corrected chi connectivity index (χ0v) is 13.5. The topological polar surface area (TPSA) is 29.4 Å². The van der Waals surface area contributed by atoms with Crippen LogP contribution in [0.2, 0.25) is 18.1 Å². The molecule has 0 fully saturated rings. The molecular weight excluding hydrogens is 234 g/mol. The lowest BCUT2D eigenvalue weighted by atomic mass is 10.1. The fourth-order valence-electron chi connectivity index (χ4n) is 1.10. The molecular formula is C12H27NOSSi. The smallest absolute Gasteiger partial charge is 0.192 e. The van der Waals surface area contributed by atoms with Gasteiger partial charge in [-0.2, -0.15) is 0 Å². The molecule has 16 heavy (non-hydrogen) atoms. The van der Waals surface area contributed by atoms with E-state index >= 15 is 0 Å². The minimum absolute atomic E-state index is 0.180. The van der Waals surface area contributed by atoms with Crippen molar-refractivity contribution in [2.75, 3.05) is 5.75 Å². The molecule has 4 heteroatoms. The van der Waals surface area contributed by atoms with E-state index in [-0.39, 0.29) is 5.04 Å². The average molecular weight is 262 g/mol. The van der Waals surface area contributed by atoms with Gasteiger partial charge in [0.2, 0.25) is 0 Å². The molecule has 0 aliphatic carbocycles. The summed E-state index contributed by atoms with van der Waals surface area (Å²) < 4.78 is 16.6. The molecule has 0 bridgehead atoms. The van der Waals surface area contributed by atoms with Crippen LogP contribution in [0.15, 0.2) is 16.7 Å². The van der Waals surface area contributed by atoms with Crippen LogP contribution >= 0.6 is 0 Å². The summed E-state index contributed by atoms with van der Waals surface area (Å²) in [6.45, 7) is 16.8. The molecule has 0 aromatic heterocycles. The largest absolute Gasteiger partial charge is 0.280 e. The Hall–Kier alpha value is -0.0931. The first-order valence-electron chi connectivity index (χ1n) is 5.88. The van der Waals surface area contributed by atoms with E-state index in [0.29, 0.717) is 11.7 Å². The van der Waals surface area contributed by atoms with Crippen LogP contribution in [-0.2, 0) is 10.6 Å². The second-order valence-corrected chi connectivity index (χ2v) is 12.6. The minimum Gasteiger partial charge on any atom is -0.280 e. The molecule has 0 rings (SSSR count). The Morgan fingerprint density at radius 1 is 1.44 bits per heavy atom. The summed E-state index contributed by atoms with van der Waals surface area (Å²) in [6.07, 6.45) is 2.81. The van der Waals surface area contributed by atoms with Crippen LogP contribution in [0.1, 0.15) is 34.1 Å². The van der Waals surface area contributed by atoms with E-state index in [4.69, 9.17) is 0 Å². The standard InChI is InChI=1S/C12H27NOSSi/c1-8-9-11(2)10-15(14)13-16(6,7)12(3,4)5/h8,11,15H,1,9-10H2,2-7H3/t11-/m0/s1. The number of allylic oxidation sites excluding steroid dienone is 1. The highest BCUT2D eigenvalue weighted by atomic mass is 32.2. The first-order valence-corrected chi connectivity index (χ1v) is 10.2. The Morgan fingerprint density at radius 3 is 2.31 bits per heavy atom. The predicted octanol–water partition coefficient (Wildman–Crippen LogP) is 3.87. The van der Waals surface area contributed by atoms with Gasteiger partial charge in [0.1, 0.15) is 0 Å². The van der Waals surface area contributed by atoms with Gasteiger partial charge in [-0.15, -0.1) is 6.58 Å². The van der Waals surface area contributed by atoms with Gasteiger partial charge in [-0.05, 0) is 30.5 Å². The molecule has 0 heterocycles. The Bertz CT molecular complexity index is 311. The lowest BCUT2D eigenvalue weighted by Gasteiger charge is -2.32. The summed E-state index contributed by atoms with van der Waals surface area (Å²) >= 11 is 0. The van der Waals surface area contributed by atoms with Gasteiger partial charge < -0.3 is 0 Å². The zero-order valence-electron chi connectivity index (χ0n) is 11.6. The highest BCUT2D eigenvalue weighted by Gasteiger charge is 2.35. The van der Waals surface area contributed by atoms with Crippen molar-refractivity contribution < 1.29 is 4.21 Å². The van der Waals surface area contributed by atoms with E-state index in [9.17, 15) is 4.21 Å². The third kappa shape index (κ3) is 5.30. The van der Waals surface area contributed by atoms with Crippen molar-refractivity contribution in [1.29, 1.82) is 0 Å². The third-order valence-corrected chi connectivity index (χ3v) is 10.7. The normalized spacial score (nSPS) is 17.1. The van der Waals surface area contributed by atoms with Gasteiger partial charge in [-0.1, -0.05) is 33.8 Å². The maximum absolute atomic E-state index is 12.0. The summed E-state index contributed by atoms with van der Waals surface area (Å²) in [4.78, 5) is 0. The number of hydrogen-bond donors (Lipinski definition) is 1. The van der Waals surface area contributed by atoms with Crippen molar-refractivity contribution in [2.45, 2.75) is 52.2 Å². The number of rotatable bonds is 5. The van der Waals surface area contributed by atoms with E-state index < -0.39 is 18.8 Å². The van der Waals surface area contributed by atoms with E-state index in [1.165, 1.54) is 0 Å². The summed E-state index contributed by atoms with van der Waals surface area (Å²) in [6, 6.07) is 0. The molecule has 0 saturated carbocycles. The molecule has 0 saturated heterocycles. The molecule has 0 aliphatic heterocycles. The fourth-order valence-corrected chi connectivity index (χ4v) is 5.53. The highest BCUT2D eigenvalue weighted by molar-refractivity contribution is 7.75. The van der Waals surface area contributed by atoms with E-state index in [1.807, 2.05) is 6.08 Å². The van der Waals surface area contributed by atoms with Crippen LogP contribution in [0.5, 0.6) is 0 Å². The van der Waals surface area contributed by atoms with Gasteiger partial charge in [0.15, 0.2) is 8.24 Å². The summed E-state index contributed by atoms with van der Waals surface area (Å²) in [5, 5.41) is 0.180. The number of thiol groups is 1. The molecule has 2 nitrogen and oxygen atoms in total. The molecule has 0 N–H and O–H groups in total. The third-order valence-electron chi connectivity index (χ3n) is 3.23.